The zero-order valence-electron chi connectivity index (χ0n) is 12.9. The van der Waals surface area contributed by atoms with E-state index in [0.29, 0.717) is 18.4 Å². The number of nitrogens with zero attached hydrogens (tertiary/aromatic N) is 1. The van der Waals surface area contributed by atoms with E-state index in [2.05, 4.69) is 18.8 Å². The van der Waals surface area contributed by atoms with Gasteiger partial charge in [-0.05, 0) is 55.7 Å². The lowest BCUT2D eigenvalue weighted by Gasteiger charge is -2.46. The third-order valence-corrected chi connectivity index (χ3v) is 4.67. The molecule has 0 bridgehead atoms. The highest BCUT2D eigenvalue weighted by Crippen LogP contribution is 2.44. The van der Waals surface area contributed by atoms with Crippen LogP contribution in [-0.2, 0) is 11.2 Å². The highest BCUT2D eigenvalue weighted by atomic mass is 16.5. The molecule has 1 N–H and O–H groups in total. The summed E-state index contributed by atoms with van der Waals surface area (Å²) in [7, 11) is 0. The first-order valence-corrected chi connectivity index (χ1v) is 7.68. The SMILES string of the molecule is CCOC1(C(O)Cc2ccncc2)CCC(C)(C)CC1. The van der Waals surface area contributed by atoms with Crippen molar-refractivity contribution in [3.63, 3.8) is 0 Å². The molecule has 1 aliphatic rings. The first kappa shape index (κ1) is 15.5. The molecule has 1 atom stereocenters. The Balaban J connectivity index is 2.08. The van der Waals surface area contributed by atoms with E-state index in [1.54, 1.807) is 12.4 Å². The number of hydrogen-bond acceptors (Lipinski definition) is 3. The fourth-order valence-electron chi connectivity index (χ4n) is 3.14. The van der Waals surface area contributed by atoms with Gasteiger partial charge in [0.1, 0.15) is 0 Å². The van der Waals surface area contributed by atoms with Gasteiger partial charge in [0.25, 0.3) is 0 Å². The molecule has 0 amide bonds. The molecule has 2 rings (SSSR count). The topological polar surface area (TPSA) is 42.4 Å². The molecular formula is C17H27NO2. The maximum atomic E-state index is 10.7. The van der Waals surface area contributed by atoms with Gasteiger partial charge in [0.15, 0.2) is 0 Å². The predicted molar refractivity (Wildman–Crippen MR) is 80.6 cm³/mol. The largest absolute Gasteiger partial charge is 0.390 e. The van der Waals surface area contributed by atoms with Crippen molar-refractivity contribution >= 4 is 0 Å². The summed E-state index contributed by atoms with van der Waals surface area (Å²) in [6, 6.07) is 3.94. The van der Waals surface area contributed by atoms with E-state index in [0.717, 1.165) is 31.2 Å². The van der Waals surface area contributed by atoms with Gasteiger partial charge in [-0.3, -0.25) is 4.98 Å². The van der Waals surface area contributed by atoms with Gasteiger partial charge >= 0.3 is 0 Å². The van der Waals surface area contributed by atoms with Crippen LogP contribution in [0.1, 0.15) is 52.0 Å². The number of aliphatic hydroxyl groups is 1. The van der Waals surface area contributed by atoms with Crippen LogP contribution in [0.15, 0.2) is 24.5 Å². The number of aromatic nitrogens is 1. The minimum Gasteiger partial charge on any atom is -0.390 e. The molecule has 112 valence electrons. The van der Waals surface area contributed by atoms with Crippen LogP contribution in [0, 0.1) is 5.41 Å². The van der Waals surface area contributed by atoms with Crippen LogP contribution < -0.4 is 0 Å². The maximum absolute atomic E-state index is 10.7. The van der Waals surface area contributed by atoms with E-state index in [4.69, 9.17) is 4.74 Å². The lowest BCUT2D eigenvalue weighted by molar-refractivity contribution is -0.150. The number of rotatable bonds is 5. The summed E-state index contributed by atoms with van der Waals surface area (Å²) in [4.78, 5) is 4.02. The van der Waals surface area contributed by atoms with Crippen molar-refractivity contribution in [1.82, 2.24) is 4.98 Å². The standard InChI is InChI=1S/C17H27NO2/c1-4-20-17(9-7-16(2,3)8-10-17)15(19)13-14-5-11-18-12-6-14/h5-6,11-12,15,19H,4,7-10,13H2,1-3H3. The molecule has 0 spiro atoms. The second-order valence-electron chi connectivity index (χ2n) is 6.74. The van der Waals surface area contributed by atoms with E-state index in [1.807, 2.05) is 19.1 Å². The fraction of sp³-hybridized carbons (Fsp3) is 0.706. The van der Waals surface area contributed by atoms with Crippen molar-refractivity contribution in [2.24, 2.45) is 5.41 Å². The van der Waals surface area contributed by atoms with Gasteiger partial charge in [0, 0.05) is 25.4 Å². The van der Waals surface area contributed by atoms with Crippen LogP contribution in [0.25, 0.3) is 0 Å². The normalized spacial score (nSPS) is 22.4. The van der Waals surface area contributed by atoms with Crippen molar-refractivity contribution in [2.75, 3.05) is 6.61 Å². The van der Waals surface area contributed by atoms with Gasteiger partial charge in [-0.2, -0.15) is 0 Å². The molecule has 1 unspecified atom stereocenters. The van der Waals surface area contributed by atoms with Crippen molar-refractivity contribution < 1.29 is 9.84 Å². The zero-order valence-corrected chi connectivity index (χ0v) is 12.9. The summed E-state index contributed by atoms with van der Waals surface area (Å²) in [6.07, 6.45) is 7.86. The van der Waals surface area contributed by atoms with Crippen LogP contribution >= 0.6 is 0 Å². The molecule has 1 aromatic rings. The average molecular weight is 277 g/mol. The van der Waals surface area contributed by atoms with Gasteiger partial charge in [-0.1, -0.05) is 13.8 Å². The summed E-state index contributed by atoms with van der Waals surface area (Å²) in [5, 5.41) is 10.7. The molecule has 0 saturated heterocycles. The molecular weight excluding hydrogens is 250 g/mol. The Hall–Kier alpha value is -0.930. The van der Waals surface area contributed by atoms with Gasteiger partial charge in [0.2, 0.25) is 0 Å². The molecule has 3 nitrogen and oxygen atoms in total. The minimum atomic E-state index is -0.444. The molecule has 20 heavy (non-hydrogen) atoms. The maximum Gasteiger partial charge on any atom is 0.0943 e. The van der Waals surface area contributed by atoms with Crippen LogP contribution in [0.2, 0.25) is 0 Å². The van der Waals surface area contributed by atoms with E-state index in [1.165, 1.54) is 0 Å². The van der Waals surface area contributed by atoms with Crippen molar-refractivity contribution in [3.8, 4) is 0 Å². The summed E-state index contributed by atoms with van der Waals surface area (Å²) >= 11 is 0. The monoisotopic (exact) mass is 277 g/mol. The second-order valence-corrected chi connectivity index (χ2v) is 6.74. The number of hydrogen-bond donors (Lipinski definition) is 1. The molecule has 1 aromatic heterocycles. The second kappa shape index (κ2) is 6.23. The Bertz CT molecular complexity index is 406. The molecule has 1 heterocycles. The van der Waals surface area contributed by atoms with Gasteiger partial charge in [-0.25, -0.2) is 0 Å². The predicted octanol–water partition coefficient (Wildman–Crippen LogP) is 3.36. The molecule has 0 aliphatic heterocycles. The highest BCUT2D eigenvalue weighted by molar-refractivity contribution is 5.13. The van der Waals surface area contributed by atoms with Gasteiger partial charge in [0.05, 0.1) is 11.7 Å². The van der Waals surface area contributed by atoms with Gasteiger partial charge in [-0.15, -0.1) is 0 Å². The smallest absolute Gasteiger partial charge is 0.0943 e. The molecule has 1 fully saturated rings. The van der Waals surface area contributed by atoms with Gasteiger partial charge < -0.3 is 9.84 Å². The number of aliphatic hydroxyl groups excluding tert-OH is 1. The minimum absolute atomic E-state index is 0.368. The molecule has 1 saturated carbocycles. The Morgan fingerprint density at radius 2 is 1.80 bits per heavy atom. The van der Waals surface area contributed by atoms with Crippen molar-refractivity contribution in [3.05, 3.63) is 30.1 Å². The van der Waals surface area contributed by atoms with Crippen LogP contribution in [0.5, 0.6) is 0 Å². The van der Waals surface area contributed by atoms with E-state index < -0.39 is 6.10 Å². The Kier molecular flexibility index (Phi) is 4.82. The zero-order chi connectivity index (χ0) is 14.6. The number of ether oxygens (including phenoxy) is 1. The summed E-state index contributed by atoms with van der Waals surface area (Å²) in [5.41, 5.74) is 1.13. The van der Waals surface area contributed by atoms with E-state index in [9.17, 15) is 5.11 Å². The lowest BCUT2D eigenvalue weighted by Crippen LogP contribution is -2.50. The summed E-state index contributed by atoms with van der Waals surface area (Å²) in [6.45, 7) is 7.28. The fourth-order valence-corrected chi connectivity index (χ4v) is 3.14. The average Bonchev–Trinajstić information content (AvgIpc) is 2.43. The molecule has 3 heteroatoms. The lowest BCUT2D eigenvalue weighted by atomic mass is 9.68. The summed E-state index contributed by atoms with van der Waals surface area (Å²) < 4.78 is 6.03. The number of pyridine rings is 1. The molecule has 1 aliphatic carbocycles. The van der Waals surface area contributed by atoms with Crippen LogP contribution in [-0.4, -0.2) is 28.4 Å². The first-order chi connectivity index (χ1) is 9.47. The van der Waals surface area contributed by atoms with Crippen LogP contribution in [0.3, 0.4) is 0 Å². The Labute approximate surface area is 122 Å². The Morgan fingerprint density at radius 1 is 1.20 bits per heavy atom. The third-order valence-electron chi connectivity index (χ3n) is 4.67. The van der Waals surface area contributed by atoms with Crippen molar-refractivity contribution in [2.45, 2.75) is 64.6 Å². The Morgan fingerprint density at radius 3 is 2.35 bits per heavy atom. The molecule has 0 radical (unpaired) electrons. The third kappa shape index (κ3) is 3.58. The molecule has 0 aromatic carbocycles. The van der Waals surface area contributed by atoms with Crippen LogP contribution in [0.4, 0.5) is 0 Å². The van der Waals surface area contributed by atoms with E-state index >= 15 is 0 Å². The van der Waals surface area contributed by atoms with Crippen molar-refractivity contribution in [1.29, 1.82) is 0 Å². The van der Waals surface area contributed by atoms with E-state index in [-0.39, 0.29) is 5.60 Å². The summed E-state index contributed by atoms with van der Waals surface area (Å²) in [5.74, 6) is 0. The highest BCUT2D eigenvalue weighted by Gasteiger charge is 2.44. The quantitative estimate of drug-likeness (QED) is 0.897. The first-order valence-electron chi connectivity index (χ1n) is 7.68.